The van der Waals surface area contributed by atoms with Gasteiger partial charge in [-0.25, -0.2) is 0 Å². The normalized spacial score (nSPS) is 10.7. The van der Waals surface area contributed by atoms with Crippen LogP contribution < -0.4 is 20.9 Å². The van der Waals surface area contributed by atoms with Gasteiger partial charge in [0.2, 0.25) is 0 Å². The van der Waals surface area contributed by atoms with Gasteiger partial charge in [-0.3, -0.25) is 15.6 Å². The van der Waals surface area contributed by atoms with Crippen LogP contribution >= 0.6 is 23.8 Å². The molecule has 2 aromatic rings. The van der Waals surface area contributed by atoms with Crippen molar-refractivity contribution >= 4 is 34.8 Å². The molecule has 0 saturated heterocycles. The molecule has 0 fully saturated rings. The molecule has 0 spiro atoms. The number of thiocarbonyl (C=S) groups is 1. The average molecular weight is 453 g/mol. The van der Waals surface area contributed by atoms with Crippen LogP contribution in [0.1, 0.15) is 42.1 Å². The van der Waals surface area contributed by atoms with Gasteiger partial charge in [-0.15, -0.1) is 0 Å². The minimum absolute atomic E-state index is 0.165. The van der Waals surface area contributed by atoms with Gasteiger partial charge in [0.05, 0.1) is 0 Å². The van der Waals surface area contributed by atoms with Gasteiger partial charge in [0, 0.05) is 11.6 Å². The van der Waals surface area contributed by atoms with Gasteiger partial charge in [0.25, 0.3) is 0 Å². The van der Waals surface area contributed by atoms with E-state index in [9.17, 15) is 4.79 Å². The van der Waals surface area contributed by atoms with Gasteiger partial charge in [-0.1, -0.05) is 25.4 Å². The molecule has 0 aliphatic heterocycles. The number of carbonyl (C=O) groups is 1. The molecule has 164 valence electrons. The SMILES string of the molecule is CCN(CC)CCCNC(=S)NNC(=O)c1ccc(COc2ccc(Cl)cc2C)o1. The monoisotopic (exact) mass is 452 g/mol. The Kier molecular flexibility index (Phi) is 9.93. The summed E-state index contributed by atoms with van der Waals surface area (Å²) in [6.07, 6.45) is 0.964. The summed E-state index contributed by atoms with van der Waals surface area (Å²) in [5, 5.41) is 4.08. The zero-order valence-electron chi connectivity index (χ0n) is 17.6. The fourth-order valence-electron chi connectivity index (χ4n) is 2.76. The number of amides is 1. The summed E-state index contributed by atoms with van der Waals surface area (Å²) in [5.41, 5.74) is 6.13. The Bertz CT molecular complexity index is 839. The number of hydrogen-bond acceptors (Lipinski definition) is 5. The van der Waals surface area contributed by atoms with E-state index in [4.69, 9.17) is 33.0 Å². The Labute approximate surface area is 188 Å². The van der Waals surface area contributed by atoms with Gasteiger partial charge in [-0.05, 0) is 81.1 Å². The van der Waals surface area contributed by atoms with E-state index >= 15 is 0 Å². The lowest BCUT2D eigenvalue weighted by Gasteiger charge is -2.18. The van der Waals surface area contributed by atoms with Crippen LogP contribution in [0.4, 0.5) is 0 Å². The lowest BCUT2D eigenvalue weighted by molar-refractivity contribution is 0.0911. The highest BCUT2D eigenvalue weighted by atomic mass is 35.5. The van der Waals surface area contributed by atoms with Crippen molar-refractivity contribution < 1.29 is 13.9 Å². The van der Waals surface area contributed by atoms with E-state index in [2.05, 4.69) is 34.9 Å². The third-order valence-electron chi connectivity index (χ3n) is 4.51. The molecule has 1 heterocycles. The van der Waals surface area contributed by atoms with Crippen LogP contribution in [-0.2, 0) is 6.61 Å². The van der Waals surface area contributed by atoms with E-state index in [-0.39, 0.29) is 12.4 Å². The van der Waals surface area contributed by atoms with Crippen molar-refractivity contribution in [2.24, 2.45) is 0 Å². The summed E-state index contributed by atoms with van der Waals surface area (Å²) in [7, 11) is 0. The Balaban J connectivity index is 1.71. The van der Waals surface area contributed by atoms with Gasteiger partial charge in [0.1, 0.15) is 18.1 Å². The number of aryl methyl sites for hydroxylation is 1. The Morgan fingerprint density at radius 2 is 1.97 bits per heavy atom. The molecule has 2 rings (SSSR count). The molecule has 30 heavy (non-hydrogen) atoms. The van der Waals surface area contributed by atoms with E-state index in [1.165, 1.54) is 0 Å². The number of nitrogens with zero attached hydrogens (tertiary/aromatic N) is 1. The molecule has 0 bridgehead atoms. The van der Waals surface area contributed by atoms with Crippen molar-refractivity contribution in [3.63, 3.8) is 0 Å². The van der Waals surface area contributed by atoms with Crippen molar-refractivity contribution in [1.29, 1.82) is 0 Å². The number of nitrogens with one attached hydrogen (secondary N) is 3. The average Bonchev–Trinajstić information content (AvgIpc) is 3.20. The molecule has 1 aromatic heterocycles. The third kappa shape index (κ3) is 7.85. The highest BCUT2D eigenvalue weighted by Gasteiger charge is 2.12. The predicted octanol–water partition coefficient (Wildman–Crippen LogP) is 3.66. The van der Waals surface area contributed by atoms with Crippen LogP contribution in [0, 0.1) is 6.92 Å². The number of carbonyl (C=O) groups excluding carboxylic acids is 1. The highest BCUT2D eigenvalue weighted by molar-refractivity contribution is 7.80. The number of hydrazine groups is 1. The number of ether oxygens (including phenoxy) is 1. The summed E-state index contributed by atoms with van der Waals surface area (Å²) in [6.45, 7) is 10.2. The number of halogens is 1. The standard InChI is InChI=1S/C21H29ClN4O3S/c1-4-26(5-2)12-6-11-23-21(30)25-24-20(27)19-10-8-17(29-19)14-28-18-9-7-16(22)13-15(18)3/h7-10,13H,4-6,11-12,14H2,1-3H3,(H,24,27)(H2,23,25,30). The molecule has 0 aliphatic carbocycles. The molecule has 1 aromatic carbocycles. The first-order valence-electron chi connectivity index (χ1n) is 9.97. The maximum absolute atomic E-state index is 12.2. The van der Waals surface area contributed by atoms with Crippen LogP contribution in [0.5, 0.6) is 5.75 Å². The van der Waals surface area contributed by atoms with Gasteiger partial charge >= 0.3 is 5.91 Å². The molecule has 3 N–H and O–H groups in total. The van der Waals surface area contributed by atoms with E-state index in [1.807, 2.05) is 13.0 Å². The second kappa shape index (κ2) is 12.4. The molecule has 9 heteroatoms. The number of furan rings is 1. The van der Waals surface area contributed by atoms with E-state index < -0.39 is 5.91 Å². The Morgan fingerprint density at radius 3 is 2.67 bits per heavy atom. The second-order valence-corrected chi connectivity index (χ2v) is 7.52. The molecule has 0 unspecified atom stereocenters. The summed E-state index contributed by atoms with van der Waals surface area (Å²) in [6, 6.07) is 8.67. The van der Waals surface area contributed by atoms with Crippen LogP contribution in [0.2, 0.25) is 5.02 Å². The first kappa shape index (κ1) is 24.0. The molecule has 1 amide bonds. The first-order valence-corrected chi connectivity index (χ1v) is 10.8. The van der Waals surface area contributed by atoms with E-state index in [0.717, 1.165) is 38.2 Å². The fraction of sp³-hybridized carbons (Fsp3) is 0.429. The quantitative estimate of drug-likeness (QED) is 0.288. The van der Waals surface area contributed by atoms with Crippen LogP contribution in [0.25, 0.3) is 0 Å². The molecular formula is C21H29ClN4O3S. The van der Waals surface area contributed by atoms with Crippen molar-refractivity contribution in [3.05, 3.63) is 52.4 Å². The van der Waals surface area contributed by atoms with Crippen LogP contribution in [0.3, 0.4) is 0 Å². The Morgan fingerprint density at radius 1 is 1.20 bits per heavy atom. The summed E-state index contributed by atoms with van der Waals surface area (Å²) in [4.78, 5) is 14.5. The molecule has 0 radical (unpaired) electrons. The molecule has 0 atom stereocenters. The van der Waals surface area contributed by atoms with Crippen LogP contribution in [-0.4, -0.2) is 42.1 Å². The maximum atomic E-state index is 12.2. The van der Waals surface area contributed by atoms with Crippen molar-refractivity contribution in [3.8, 4) is 5.75 Å². The summed E-state index contributed by atoms with van der Waals surface area (Å²) >= 11 is 11.1. The lowest BCUT2D eigenvalue weighted by Crippen LogP contribution is -2.47. The first-order chi connectivity index (χ1) is 14.4. The zero-order chi connectivity index (χ0) is 21.9. The molecular weight excluding hydrogens is 424 g/mol. The summed E-state index contributed by atoms with van der Waals surface area (Å²) < 4.78 is 11.3. The number of benzene rings is 1. The molecule has 0 saturated carbocycles. The van der Waals surface area contributed by atoms with E-state index in [1.54, 1.807) is 24.3 Å². The highest BCUT2D eigenvalue weighted by Crippen LogP contribution is 2.23. The third-order valence-corrected chi connectivity index (χ3v) is 4.99. The maximum Gasteiger partial charge on any atom is 0.305 e. The lowest BCUT2D eigenvalue weighted by atomic mass is 10.2. The summed E-state index contributed by atoms with van der Waals surface area (Å²) in [5.74, 6) is 0.988. The van der Waals surface area contributed by atoms with Crippen molar-refractivity contribution in [1.82, 2.24) is 21.1 Å². The Hall–Kier alpha value is -2.29. The minimum atomic E-state index is -0.420. The topological polar surface area (TPSA) is 78.8 Å². The smallest absolute Gasteiger partial charge is 0.305 e. The number of rotatable bonds is 10. The minimum Gasteiger partial charge on any atom is -0.485 e. The predicted molar refractivity (Wildman–Crippen MR) is 123 cm³/mol. The largest absolute Gasteiger partial charge is 0.485 e. The van der Waals surface area contributed by atoms with Crippen LogP contribution in [0.15, 0.2) is 34.7 Å². The van der Waals surface area contributed by atoms with Gasteiger partial charge in [0.15, 0.2) is 10.9 Å². The second-order valence-electron chi connectivity index (χ2n) is 6.68. The molecule has 0 aliphatic rings. The van der Waals surface area contributed by atoms with Gasteiger partial charge in [-0.2, -0.15) is 0 Å². The van der Waals surface area contributed by atoms with Crippen molar-refractivity contribution in [2.45, 2.75) is 33.8 Å². The molecule has 7 nitrogen and oxygen atoms in total. The fourth-order valence-corrected chi connectivity index (χ4v) is 3.14. The van der Waals surface area contributed by atoms with Gasteiger partial charge < -0.3 is 19.4 Å². The zero-order valence-corrected chi connectivity index (χ0v) is 19.2. The van der Waals surface area contributed by atoms with Crippen molar-refractivity contribution in [2.75, 3.05) is 26.2 Å². The number of hydrogen-bond donors (Lipinski definition) is 3. The van der Waals surface area contributed by atoms with E-state index in [0.29, 0.717) is 21.6 Å².